The van der Waals surface area contributed by atoms with Crippen molar-refractivity contribution in [3.8, 4) is 0 Å². The number of nitrogens with one attached hydrogen (secondary N) is 2. The zero-order chi connectivity index (χ0) is 19.6. The molecule has 0 radical (unpaired) electrons. The lowest BCUT2D eigenvalue weighted by molar-refractivity contribution is -0.135. The molecule has 1 aliphatic carbocycles. The molecule has 4 amide bonds. The Labute approximate surface area is 160 Å². The largest absolute Gasteiger partial charge is 0.347 e. The van der Waals surface area contributed by atoms with Gasteiger partial charge in [0.05, 0.1) is 6.04 Å². The number of amides is 4. The molecule has 1 aromatic rings. The number of benzene rings is 1. The average Bonchev–Trinajstić information content (AvgIpc) is 3.20. The Morgan fingerprint density at radius 3 is 2.37 bits per heavy atom. The van der Waals surface area contributed by atoms with E-state index >= 15 is 0 Å². The van der Waals surface area contributed by atoms with Crippen molar-refractivity contribution in [3.63, 3.8) is 0 Å². The van der Waals surface area contributed by atoms with Crippen LogP contribution in [0.25, 0.3) is 0 Å². The van der Waals surface area contributed by atoms with Crippen molar-refractivity contribution < 1.29 is 14.4 Å². The first-order valence-electron chi connectivity index (χ1n) is 9.88. The monoisotopic (exact) mass is 371 g/mol. The normalized spacial score (nSPS) is 19.6. The van der Waals surface area contributed by atoms with Crippen LogP contribution < -0.4 is 10.6 Å². The average molecular weight is 371 g/mol. The van der Waals surface area contributed by atoms with E-state index in [4.69, 9.17) is 0 Å². The smallest absolute Gasteiger partial charge is 0.325 e. The van der Waals surface area contributed by atoms with Gasteiger partial charge in [0.1, 0.15) is 12.1 Å². The van der Waals surface area contributed by atoms with Gasteiger partial charge in [-0.1, -0.05) is 57.9 Å². The number of carbonyl (C=O) groups excluding carboxylic acids is 3. The molecule has 27 heavy (non-hydrogen) atoms. The predicted molar refractivity (Wildman–Crippen MR) is 103 cm³/mol. The Hall–Kier alpha value is -2.37. The van der Waals surface area contributed by atoms with Crippen molar-refractivity contribution in [2.24, 2.45) is 5.92 Å². The molecule has 1 aromatic carbocycles. The van der Waals surface area contributed by atoms with Crippen LogP contribution in [0.5, 0.6) is 0 Å². The Bertz CT molecular complexity index is 721. The highest BCUT2D eigenvalue weighted by atomic mass is 16.2. The van der Waals surface area contributed by atoms with E-state index in [1.807, 2.05) is 26.0 Å². The lowest BCUT2D eigenvalue weighted by atomic mass is 9.95. The fourth-order valence-corrected chi connectivity index (χ4v) is 4.10. The van der Waals surface area contributed by atoms with Gasteiger partial charge in [0, 0.05) is 0 Å². The van der Waals surface area contributed by atoms with E-state index in [1.54, 1.807) is 0 Å². The highest BCUT2D eigenvalue weighted by Gasteiger charge is 2.52. The van der Waals surface area contributed by atoms with E-state index in [1.165, 1.54) is 5.56 Å². The zero-order valence-corrected chi connectivity index (χ0v) is 16.4. The number of hydrogen-bond acceptors (Lipinski definition) is 3. The first-order valence-corrected chi connectivity index (χ1v) is 9.88. The van der Waals surface area contributed by atoms with Gasteiger partial charge in [0.15, 0.2) is 0 Å². The van der Waals surface area contributed by atoms with E-state index in [2.05, 4.69) is 29.7 Å². The molecule has 2 N–H and O–H groups in total. The second-order valence-electron chi connectivity index (χ2n) is 8.00. The number of imide groups is 1. The van der Waals surface area contributed by atoms with Crippen LogP contribution in [0.3, 0.4) is 0 Å². The number of urea groups is 1. The number of aryl methyl sites for hydroxylation is 1. The molecule has 0 unspecified atom stereocenters. The summed E-state index contributed by atoms with van der Waals surface area (Å²) in [6, 6.07) is 7.59. The standard InChI is InChI=1S/C21H29N3O3/c1-4-15-7-9-16(10-8-15)18(14(2)3)22-17(25)13-24-19(26)21(23-20(24)27)11-5-6-12-21/h7-10,14,18H,4-6,11-13H2,1-3H3,(H,22,25)(H,23,27)/t18-/m0/s1. The molecule has 1 aliphatic heterocycles. The third-order valence-electron chi connectivity index (χ3n) is 5.73. The van der Waals surface area contributed by atoms with Crippen LogP contribution in [0.2, 0.25) is 0 Å². The topological polar surface area (TPSA) is 78.5 Å². The van der Waals surface area contributed by atoms with Gasteiger partial charge in [-0.2, -0.15) is 0 Å². The predicted octanol–water partition coefficient (Wildman–Crippen LogP) is 2.93. The molecule has 1 atom stereocenters. The summed E-state index contributed by atoms with van der Waals surface area (Å²) in [5.74, 6) is -0.383. The molecule has 2 fully saturated rings. The highest BCUT2D eigenvalue weighted by Crippen LogP contribution is 2.35. The summed E-state index contributed by atoms with van der Waals surface area (Å²) in [6.07, 6.45) is 4.14. The number of rotatable bonds is 6. The highest BCUT2D eigenvalue weighted by molar-refractivity contribution is 6.09. The van der Waals surface area contributed by atoms with E-state index < -0.39 is 11.6 Å². The molecule has 0 aromatic heterocycles. The van der Waals surface area contributed by atoms with E-state index in [9.17, 15) is 14.4 Å². The lowest BCUT2D eigenvalue weighted by Crippen LogP contribution is -2.46. The van der Waals surface area contributed by atoms with Gasteiger partial charge in [-0.15, -0.1) is 0 Å². The van der Waals surface area contributed by atoms with Crippen molar-refractivity contribution in [1.82, 2.24) is 15.5 Å². The first kappa shape index (κ1) is 19.4. The quantitative estimate of drug-likeness (QED) is 0.755. The van der Waals surface area contributed by atoms with Crippen molar-refractivity contribution in [3.05, 3.63) is 35.4 Å². The Kier molecular flexibility index (Phi) is 5.53. The third-order valence-corrected chi connectivity index (χ3v) is 5.73. The molecule has 1 heterocycles. The van der Waals surface area contributed by atoms with E-state index in [0.29, 0.717) is 12.8 Å². The molecule has 6 nitrogen and oxygen atoms in total. The summed E-state index contributed by atoms with van der Waals surface area (Å²) in [4.78, 5) is 38.6. The molecule has 0 bridgehead atoms. The van der Waals surface area contributed by atoms with Crippen LogP contribution in [0.1, 0.15) is 63.6 Å². The summed E-state index contributed by atoms with van der Waals surface area (Å²) in [6.45, 7) is 5.95. The Morgan fingerprint density at radius 1 is 1.19 bits per heavy atom. The summed E-state index contributed by atoms with van der Waals surface area (Å²) in [7, 11) is 0. The molecule has 1 saturated heterocycles. The second-order valence-corrected chi connectivity index (χ2v) is 8.00. The zero-order valence-electron chi connectivity index (χ0n) is 16.4. The Morgan fingerprint density at radius 2 is 1.81 bits per heavy atom. The second kappa shape index (κ2) is 7.71. The van der Waals surface area contributed by atoms with Crippen LogP contribution >= 0.6 is 0 Å². The third kappa shape index (κ3) is 3.84. The van der Waals surface area contributed by atoms with Crippen molar-refractivity contribution in [1.29, 1.82) is 0 Å². The van der Waals surface area contributed by atoms with Gasteiger partial charge in [-0.3, -0.25) is 14.5 Å². The van der Waals surface area contributed by atoms with Gasteiger partial charge in [0.25, 0.3) is 5.91 Å². The number of hydrogen-bond donors (Lipinski definition) is 2. The summed E-state index contributed by atoms with van der Waals surface area (Å²) >= 11 is 0. The minimum Gasteiger partial charge on any atom is -0.347 e. The van der Waals surface area contributed by atoms with Gasteiger partial charge in [0.2, 0.25) is 5.91 Å². The van der Waals surface area contributed by atoms with Crippen molar-refractivity contribution in [2.75, 3.05) is 6.54 Å². The fourth-order valence-electron chi connectivity index (χ4n) is 4.10. The SMILES string of the molecule is CCc1ccc([C@@H](NC(=O)CN2C(=O)NC3(CCCC3)C2=O)C(C)C)cc1. The van der Waals surface area contributed by atoms with Gasteiger partial charge >= 0.3 is 6.03 Å². The molecule has 6 heteroatoms. The Balaban J connectivity index is 1.67. The van der Waals surface area contributed by atoms with Crippen LogP contribution in [0.15, 0.2) is 24.3 Å². The van der Waals surface area contributed by atoms with Crippen molar-refractivity contribution >= 4 is 17.8 Å². The van der Waals surface area contributed by atoms with E-state index in [0.717, 1.165) is 29.7 Å². The minimum absolute atomic E-state index is 0.162. The van der Waals surface area contributed by atoms with Gasteiger partial charge in [-0.05, 0) is 36.3 Å². The molecular weight excluding hydrogens is 342 g/mol. The number of carbonyl (C=O) groups is 3. The molecular formula is C21H29N3O3. The van der Waals surface area contributed by atoms with Gasteiger partial charge in [-0.25, -0.2) is 4.79 Å². The van der Waals surface area contributed by atoms with Gasteiger partial charge < -0.3 is 10.6 Å². The molecule has 2 aliphatic rings. The maximum Gasteiger partial charge on any atom is 0.325 e. The summed E-state index contributed by atoms with van der Waals surface area (Å²) in [5, 5.41) is 5.82. The molecule has 1 saturated carbocycles. The summed E-state index contributed by atoms with van der Waals surface area (Å²) in [5.41, 5.74) is 1.50. The van der Waals surface area contributed by atoms with Crippen LogP contribution in [-0.4, -0.2) is 34.8 Å². The van der Waals surface area contributed by atoms with Crippen LogP contribution in [0, 0.1) is 5.92 Å². The van der Waals surface area contributed by atoms with E-state index in [-0.39, 0.29) is 30.3 Å². The maximum atomic E-state index is 12.7. The van der Waals surface area contributed by atoms with Crippen LogP contribution in [-0.2, 0) is 16.0 Å². The molecule has 3 rings (SSSR count). The van der Waals surface area contributed by atoms with Crippen molar-refractivity contribution in [2.45, 2.75) is 64.5 Å². The fraction of sp³-hybridized carbons (Fsp3) is 0.571. The number of nitrogens with zero attached hydrogens (tertiary/aromatic N) is 1. The maximum absolute atomic E-state index is 12.7. The summed E-state index contributed by atoms with van der Waals surface area (Å²) < 4.78 is 0. The minimum atomic E-state index is -0.773. The van der Waals surface area contributed by atoms with Crippen LogP contribution in [0.4, 0.5) is 4.79 Å². The molecule has 1 spiro atoms. The lowest BCUT2D eigenvalue weighted by Gasteiger charge is -2.24. The first-order chi connectivity index (χ1) is 12.9. The molecule has 146 valence electrons.